The van der Waals surface area contributed by atoms with Crippen molar-refractivity contribution in [2.45, 2.75) is 19.4 Å². The molecule has 0 saturated heterocycles. The van der Waals surface area contributed by atoms with Crippen LogP contribution in [0.2, 0.25) is 0 Å². The maximum Gasteiger partial charge on any atom is 0.224 e. The summed E-state index contributed by atoms with van der Waals surface area (Å²) in [5.74, 6) is 0.0590. The van der Waals surface area contributed by atoms with Crippen LogP contribution in [-0.4, -0.2) is 22.0 Å². The van der Waals surface area contributed by atoms with Gasteiger partial charge in [-0.25, -0.2) is 4.98 Å². The number of aromatic nitrogens is 2. The lowest BCUT2D eigenvalue weighted by Crippen LogP contribution is -2.26. The summed E-state index contributed by atoms with van der Waals surface area (Å²) in [5.41, 5.74) is 1.02. The Morgan fingerprint density at radius 2 is 2.32 bits per heavy atom. The minimum absolute atomic E-state index is 0.0590. The highest BCUT2D eigenvalue weighted by molar-refractivity contribution is 9.10. The van der Waals surface area contributed by atoms with Crippen molar-refractivity contribution in [3.63, 3.8) is 0 Å². The third kappa shape index (κ3) is 4.87. The molecular formula is C14H16BrN3O. The van der Waals surface area contributed by atoms with E-state index in [0.29, 0.717) is 13.0 Å². The standard InChI is InChI=1S/C14H16BrN3O/c15-13-4-1-3-12(9-13)10-14(19)17-5-2-7-18-8-6-16-11-18/h1,3-4,6,8-9,11H,2,5,7,10H2,(H,17,19). The van der Waals surface area contributed by atoms with Crippen LogP contribution in [0.5, 0.6) is 0 Å². The van der Waals surface area contributed by atoms with Crippen molar-refractivity contribution in [2.24, 2.45) is 0 Å². The first kappa shape index (κ1) is 13.8. The molecule has 1 N–H and O–H groups in total. The smallest absolute Gasteiger partial charge is 0.224 e. The molecule has 1 aromatic heterocycles. The van der Waals surface area contributed by atoms with Gasteiger partial charge >= 0.3 is 0 Å². The number of amides is 1. The van der Waals surface area contributed by atoms with Gasteiger partial charge in [0.1, 0.15) is 0 Å². The highest BCUT2D eigenvalue weighted by atomic mass is 79.9. The van der Waals surface area contributed by atoms with E-state index in [9.17, 15) is 4.79 Å². The third-order valence-corrected chi connectivity index (χ3v) is 3.22. The van der Waals surface area contributed by atoms with E-state index in [0.717, 1.165) is 23.0 Å². The van der Waals surface area contributed by atoms with Gasteiger partial charge in [0.05, 0.1) is 12.7 Å². The maximum absolute atomic E-state index is 11.7. The highest BCUT2D eigenvalue weighted by Crippen LogP contribution is 2.11. The summed E-state index contributed by atoms with van der Waals surface area (Å²) in [6.07, 6.45) is 6.78. The van der Waals surface area contributed by atoms with Crippen molar-refractivity contribution < 1.29 is 4.79 Å². The van der Waals surface area contributed by atoms with Gasteiger partial charge in [-0.05, 0) is 24.1 Å². The van der Waals surface area contributed by atoms with Crippen molar-refractivity contribution in [1.82, 2.24) is 14.9 Å². The monoisotopic (exact) mass is 321 g/mol. The average Bonchev–Trinajstić information content (AvgIpc) is 2.88. The van der Waals surface area contributed by atoms with Crippen molar-refractivity contribution in [2.75, 3.05) is 6.54 Å². The van der Waals surface area contributed by atoms with E-state index < -0.39 is 0 Å². The fraction of sp³-hybridized carbons (Fsp3) is 0.286. The number of rotatable bonds is 6. The Morgan fingerprint density at radius 3 is 3.05 bits per heavy atom. The number of imidazole rings is 1. The van der Waals surface area contributed by atoms with Crippen LogP contribution in [0.4, 0.5) is 0 Å². The first-order valence-electron chi connectivity index (χ1n) is 6.21. The van der Waals surface area contributed by atoms with E-state index in [-0.39, 0.29) is 5.91 Å². The molecule has 19 heavy (non-hydrogen) atoms. The molecule has 100 valence electrons. The quantitative estimate of drug-likeness (QED) is 0.830. The molecule has 0 fully saturated rings. The van der Waals surface area contributed by atoms with Crippen LogP contribution in [0, 0.1) is 0 Å². The lowest BCUT2D eigenvalue weighted by Gasteiger charge is -2.06. The lowest BCUT2D eigenvalue weighted by atomic mass is 10.1. The lowest BCUT2D eigenvalue weighted by molar-refractivity contribution is -0.120. The molecule has 0 atom stereocenters. The topological polar surface area (TPSA) is 46.9 Å². The van der Waals surface area contributed by atoms with Crippen LogP contribution < -0.4 is 5.32 Å². The molecule has 0 aliphatic carbocycles. The number of carbonyl (C=O) groups excluding carboxylic acids is 1. The average molecular weight is 322 g/mol. The number of nitrogens with one attached hydrogen (secondary N) is 1. The second-order valence-corrected chi connectivity index (χ2v) is 5.23. The van der Waals surface area contributed by atoms with E-state index in [1.807, 2.05) is 35.0 Å². The molecule has 2 aromatic rings. The molecule has 0 aliphatic heterocycles. The van der Waals surface area contributed by atoms with E-state index >= 15 is 0 Å². The van der Waals surface area contributed by atoms with Crippen molar-refractivity contribution in [1.29, 1.82) is 0 Å². The Balaban J connectivity index is 1.67. The van der Waals surface area contributed by atoms with Gasteiger partial charge in [-0.1, -0.05) is 28.1 Å². The van der Waals surface area contributed by atoms with Gasteiger partial charge in [0.25, 0.3) is 0 Å². The minimum atomic E-state index is 0.0590. The summed E-state index contributed by atoms with van der Waals surface area (Å²) < 4.78 is 3.00. The zero-order valence-electron chi connectivity index (χ0n) is 10.6. The van der Waals surface area contributed by atoms with Crippen LogP contribution >= 0.6 is 15.9 Å². The van der Waals surface area contributed by atoms with Gasteiger partial charge < -0.3 is 9.88 Å². The first-order chi connectivity index (χ1) is 9.24. The van der Waals surface area contributed by atoms with Gasteiger partial charge in [0, 0.05) is 30.0 Å². The molecule has 5 heteroatoms. The van der Waals surface area contributed by atoms with Crippen molar-refractivity contribution >= 4 is 21.8 Å². The Bertz CT molecular complexity index is 525. The Kier molecular flexibility index (Phi) is 5.15. The fourth-order valence-electron chi connectivity index (χ4n) is 1.80. The molecule has 4 nitrogen and oxygen atoms in total. The SMILES string of the molecule is O=C(Cc1cccc(Br)c1)NCCCn1ccnc1. The Labute approximate surface area is 121 Å². The van der Waals surface area contributed by atoms with Gasteiger partial charge in [-0.3, -0.25) is 4.79 Å². The zero-order chi connectivity index (χ0) is 13.5. The Morgan fingerprint density at radius 1 is 1.42 bits per heavy atom. The predicted molar refractivity (Wildman–Crippen MR) is 77.7 cm³/mol. The number of carbonyl (C=O) groups is 1. The van der Waals surface area contributed by atoms with E-state index in [1.54, 1.807) is 12.5 Å². The number of halogens is 1. The van der Waals surface area contributed by atoms with Gasteiger partial charge in [-0.2, -0.15) is 0 Å². The molecular weight excluding hydrogens is 306 g/mol. The van der Waals surface area contributed by atoms with Gasteiger partial charge in [0.15, 0.2) is 0 Å². The molecule has 0 unspecified atom stereocenters. The molecule has 2 rings (SSSR count). The second kappa shape index (κ2) is 7.09. The third-order valence-electron chi connectivity index (χ3n) is 2.73. The molecule has 0 spiro atoms. The molecule has 0 radical (unpaired) electrons. The van der Waals surface area contributed by atoms with Crippen molar-refractivity contribution in [3.8, 4) is 0 Å². The zero-order valence-corrected chi connectivity index (χ0v) is 12.1. The van der Waals surface area contributed by atoms with Crippen LogP contribution in [0.1, 0.15) is 12.0 Å². The summed E-state index contributed by atoms with van der Waals surface area (Å²) in [5, 5.41) is 2.93. The highest BCUT2D eigenvalue weighted by Gasteiger charge is 2.03. The Hall–Kier alpha value is -1.62. The molecule has 0 aliphatic rings. The second-order valence-electron chi connectivity index (χ2n) is 4.31. The summed E-state index contributed by atoms with van der Waals surface area (Å²) in [4.78, 5) is 15.7. The number of aryl methyl sites for hydroxylation is 1. The van der Waals surface area contributed by atoms with Crippen LogP contribution in [0.25, 0.3) is 0 Å². The van der Waals surface area contributed by atoms with Gasteiger partial charge in [0.2, 0.25) is 5.91 Å². The van der Waals surface area contributed by atoms with Gasteiger partial charge in [-0.15, -0.1) is 0 Å². The van der Waals surface area contributed by atoms with E-state index in [1.165, 1.54) is 0 Å². The van der Waals surface area contributed by atoms with Crippen molar-refractivity contribution in [3.05, 3.63) is 53.0 Å². The molecule has 0 saturated carbocycles. The number of hydrogen-bond acceptors (Lipinski definition) is 2. The summed E-state index contributed by atoms with van der Waals surface area (Å²) in [6, 6.07) is 7.80. The van der Waals surface area contributed by atoms with Crippen LogP contribution in [0.3, 0.4) is 0 Å². The maximum atomic E-state index is 11.7. The molecule has 1 aromatic carbocycles. The van der Waals surface area contributed by atoms with Crippen LogP contribution in [0.15, 0.2) is 47.5 Å². The molecule has 0 bridgehead atoms. The summed E-state index contributed by atoms with van der Waals surface area (Å²) in [7, 11) is 0. The first-order valence-corrected chi connectivity index (χ1v) is 7.00. The normalized spacial score (nSPS) is 10.4. The number of benzene rings is 1. The number of hydrogen-bond donors (Lipinski definition) is 1. The minimum Gasteiger partial charge on any atom is -0.356 e. The molecule has 1 amide bonds. The van der Waals surface area contributed by atoms with E-state index in [4.69, 9.17) is 0 Å². The van der Waals surface area contributed by atoms with Crippen LogP contribution in [-0.2, 0) is 17.8 Å². The fourth-order valence-corrected chi connectivity index (χ4v) is 2.25. The van der Waals surface area contributed by atoms with E-state index in [2.05, 4.69) is 26.2 Å². The largest absolute Gasteiger partial charge is 0.356 e. The summed E-state index contributed by atoms with van der Waals surface area (Å²) in [6.45, 7) is 1.56. The number of nitrogens with zero attached hydrogens (tertiary/aromatic N) is 2. The molecule has 1 heterocycles. The predicted octanol–water partition coefficient (Wildman–Crippen LogP) is 2.39. The summed E-state index contributed by atoms with van der Waals surface area (Å²) >= 11 is 3.40.